The minimum atomic E-state index is -0.441. The molecule has 0 unspecified atom stereocenters. The zero-order valence-corrected chi connectivity index (χ0v) is 10.0. The highest BCUT2D eigenvalue weighted by atomic mass is 32.1. The Morgan fingerprint density at radius 2 is 1.19 bits per heavy atom. The molecule has 0 atom stereocenters. The first kappa shape index (κ1) is 12.9. The number of hydrogen-bond acceptors (Lipinski definition) is 6. The molecule has 0 aliphatic heterocycles. The smallest absolute Gasteiger partial charge is 0.321 e. The maximum Gasteiger partial charge on any atom is 0.321 e. The fraction of sp³-hybridized carbons (Fsp3) is 0.200. The van der Waals surface area contributed by atoms with E-state index in [2.05, 4.69) is 25.3 Å². The highest BCUT2D eigenvalue weighted by Gasteiger charge is 2.04. The molecule has 0 amide bonds. The van der Waals surface area contributed by atoms with Crippen molar-refractivity contribution in [2.24, 2.45) is 0 Å². The number of thiol groups is 2. The van der Waals surface area contributed by atoms with Gasteiger partial charge < -0.3 is 9.47 Å². The molecule has 0 bridgehead atoms. The summed E-state index contributed by atoms with van der Waals surface area (Å²) in [5.74, 6) is -0.103. The lowest BCUT2D eigenvalue weighted by Gasteiger charge is -2.04. The van der Waals surface area contributed by atoms with Gasteiger partial charge in [-0.15, -0.1) is 0 Å². The summed E-state index contributed by atoms with van der Waals surface area (Å²) in [7, 11) is 0. The average molecular weight is 258 g/mol. The van der Waals surface area contributed by atoms with E-state index in [4.69, 9.17) is 9.47 Å². The van der Waals surface area contributed by atoms with Gasteiger partial charge in [0.15, 0.2) is 0 Å². The molecular weight excluding hydrogens is 248 g/mol. The summed E-state index contributed by atoms with van der Waals surface area (Å²) in [4.78, 5) is 21.8. The normalized spacial score (nSPS) is 9.62. The number of hydrogen-bond donors (Lipinski definition) is 2. The van der Waals surface area contributed by atoms with Gasteiger partial charge in [-0.25, -0.2) is 0 Å². The molecule has 0 aliphatic rings. The number of carbonyl (C=O) groups is 2. The molecule has 16 heavy (non-hydrogen) atoms. The van der Waals surface area contributed by atoms with Crippen LogP contribution in [0.4, 0.5) is 0 Å². The largest absolute Gasteiger partial charge is 0.426 e. The van der Waals surface area contributed by atoms with Crippen molar-refractivity contribution in [2.45, 2.75) is 0 Å². The summed E-state index contributed by atoms with van der Waals surface area (Å²) in [5, 5.41) is 0. The molecule has 0 saturated heterocycles. The van der Waals surface area contributed by atoms with Crippen LogP contribution in [0.5, 0.6) is 11.5 Å². The fourth-order valence-corrected chi connectivity index (χ4v) is 1.03. The molecule has 1 aromatic carbocycles. The highest BCUT2D eigenvalue weighted by molar-refractivity contribution is 7.81. The first-order valence-corrected chi connectivity index (χ1v) is 5.65. The Hall–Kier alpha value is -1.14. The summed E-state index contributed by atoms with van der Waals surface area (Å²) >= 11 is 7.54. The Morgan fingerprint density at radius 1 is 0.875 bits per heavy atom. The molecule has 6 heteroatoms. The zero-order valence-electron chi connectivity index (χ0n) is 8.25. The van der Waals surface area contributed by atoms with Gasteiger partial charge >= 0.3 is 11.9 Å². The first-order valence-electron chi connectivity index (χ1n) is 4.39. The lowest BCUT2D eigenvalue weighted by Crippen LogP contribution is -2.10. The van der Waals surface area contributed by atoms with Crippen molar-refractivity contribution < 1.29 is 19.1 Å². The predicted octanol–water partition coefficient (Wildman–Crippen LogP) is 1.36. The quantitative estimate of drug-likeness (QED) is 0.486. The predicted molar refractivity (Wildman–Crippen MR) is 65.4 cm³/mol. The van der Waals surface area contributed by atoms with Crippen molar-refractivity contribution in [1.82, 2.24) is 0 Å². The summed E-state index contributed by atoms with van der Waals surface area (Å²) < 4.78 is 9.76. The van der Waals surface area contributed by atoms with E-state index in [1.54, 1.807) is 0 Å². The average Bonchev–Trinajstić information content (AvgIpc) is 2.31. The van der Waals surface area contributed by atoms with Crippen LogP contribution in [0.3, 0.4) is 0 Å². The third-order valence-corrected chi connectivity index (χ3v) is 2.06. The third kappa shape index (κ3) is 4.16. The standard InChI is InChI=1S/C10H10O4S2/c11-9(5-15)13-7-1-2-8(4-3-7)14-10(12)6-16/h1-4,15-16H,5-6H2. The molecule has 0 aliphatic carbocycles. The van der Waals surface area contributed by atoms with Gasteiger partial charge in [0.25, 0.3) is 0 Å². The molecule has 0 spiro atoms. The van der Waals surface area contributed by atoms with Gasteiger partial charge in [0.2, 0.25) is 0 Å². The fourth-order valence-electron chi connectivity index (χ4n) is 0.903. The Morgan fingerprint density at radius 3 is 1.44 bits per heavy atom. The minimum absolute atomic E-state index is 0.0103. The Kier molecular flexibility index (Phi) is 5.21. The van der Waals surface area contributed by atoms with Crippen molar-refractivity contribution in [2.75, 3.05) is 11.5 Å². The molecule has 86 valence electrons. The number of carbonyl (C=O) groups excluding carboxylic acids is 2. The number of benzene rings is 1. The van der Waals surface area contributed by atoms with Crippen LogP contribution in [-0.4, -0.2) is 23.4 Å². The molecule has 4 nitrogen and oxygen atoms in total. The van der Waals surface area contributed by atoms with Crippen LogP contribution in [0.25, 0.3) is 0 Å². The lowest BCUT2D eigenvalue weighted by molar-refractivity contribution is -0.132. The highest BCUT2D eigenvalue weighted by Crippen LogP contribution is 2.17. The topological polar surface area (TPSA) is 52.6 Å². The van der Waals surface area contributed by atoms with Gasteiger partial charge in [0.05, 0.1) is 11.5 Å². The van der Waals surface area contributed by atoms with Crippen LogP contribution in [0, 0.1) is 0 Å². The Bertz CT molecular complexity index is 338. The summed E-state index contributed by atoms with van der Waals surface area (Å²) in [6, 6.07) is 6.12. The van der Waals surface area contributed by atoms with Crippen molar-refractivity contribution in [3.8, 4) is 11.5 Å². The summed E-state index contributed by atoms with van der Waals surface area (Å²) in [5.41, 5.74) is 0. The van der Waals surface area contributed by atoms with E-state index < -0.39 is 11.9 Å². The summed E-state index contributed by atoms with van der Waals surface area (Å²) in [6.07, 6.45) is 0. The molecule has 0 saturated carbocycles. The van der Waals surface area contributed by atoms with Crippen molar-refractivity contribution in [3.63, 3.8) is 0 Å². The third-order valence-electron chi connectivity index (χ3n) is 1.55. The molecule has 0 heterocycles. The van der Waals surface area contributed by atoms with Crippen molar-refractivity contribution >= 4 is 37.2 Å². The number of esters is 2. The van der Waals surface area contributed by atoms with Gasteiger partial charge in [-0.05, 0) is 24.3 Å². The SMILES string of the molecule is O=C(CS)Oc1ccc(OC(=O)CS)cc1. The maximum atomic E-state index is 10.9. The van der Waals surface area contributed by atoms with Gasteiger partial charge in [-0.2, -0.15) is 25.3 Å². The lowest BCUT2D eigenvalue weighted by atomic mass is 10.3. The second-order valence-corrected chi connectivity index (χ2v) is 3.37. The van der Waals surface area contributed by atoms with Crippen LogP contribution in [0.1, 0.15) is 0 Å². The van der Waals surface area contributed by atoms with Gasteiger partial charge in [-0.3, -0.25) is 9.59 Å². The zero-order chi connectivity index (χ0) is 12.0. The van der Waals surface area contributed by atoms with Crippen LogP contribution in [0.2, 0.25) is 0 Å². The van der Waals surface area contributed by atoms with Crippen molar-refractivity contribution in [1.29, 1.82) is 0 Å². The van der Waals surface area contributed by atoms with Gasteiger partial charge in [0.1, 0.15) is 11.5 Å². The monoisotopic (exact) mass is 258 g/mol. The first-order chi connectivity index (χ1) is 7.65. The van der Waals surface area contributed by atoms with Gasteiger partial charge in [-0.1, -0.05) is 0 Å². The maximum absolute atomic E-state index is 10.9. The second kappa shape index (κ2) is 6.44. The molecule has 0 aromatic heterocycles. The van der Waals surface area contributed by atoms with Gasteiger partial charge in [0, 0.05) is 0 Å². The van der Waals surface area contributed by atoms with Crippen LogP contribution < -0.4 is 9.47 Å². The van der Waals surface area contributed by atoms with E-state index in [1.165, 1.54) is 24.3 Å². The minimum Gasteiger partial charge on any atom is -0.426 e. The Balaban J connectivity index is 2.60. The van der Waals surface area contributed by atoms with E-state index in [1.807, 2.05) is 0 Å². The van der Waals surface area contributed by atoms with E-state index in [0.717, 1.165) is 0 Å². The molecule has 1 rings (SSSR count). The van der Waals surface area contributed by atoms with E-state index in [9.17, 15) is 9.59 Å². The Labute approximate surface area is 104 Å². The molecular formula is C10H10O4S2. The van der Waals surface area contributed by atoms with Crippen LogP contribution >= 0.6 is 25.3 Å². The molecule has 0 radical (unpaired) electrons. The van der Waals surface area contributed by atoms with E-state index in [-0.39, 0.29) is 11.5 Å². The number of ether oxygens (including phenoxy) is 2. The second-order valence-electron chi connectivity index (χ2n) is 2.74. The van der Waals surface area contributed by atoms with Crippen LogP contribution in [-0.2, 0) is 9.59 Å². The molecule has 0 fully saturated rings. The summed E-state index contributed by atoms with van der Waals surface area (Å²) in [6.45, 7) is 0. The van der Waals surface area contributed by atoms with E-state index >= 15 is 0 Å². The van der Waals surface area contributed by atoms with Crippen molar-refractivity contribution in [3.05, 3.63) is 24.3 Å². The molecule has 0 N–H and O–H groups in total. The molecule has 1 aromatic rings. The van der Waals surface area contributed by atoms with E-state index in [0.29, 0.717) is 11.5 Å². The van der Waals surface area contributed by atoms with Crippen LogP contribution in [0.15, 0.2) is 24.3 Å². The number of rotatable bonds is 4.